The van der Waals surface area contributed by atoms with Gasteiger partial charge < -0.3 is 19.5 Å². The van der Waals surface area contributed by atoms with Crippen LogP contribution in [0.15, 0.2) is 12.1 Å². The number of nitrogens with zero attached hydrogens (tertiary/aromatic N) is 1. The molecule has 3 rings (SSSR count). The fraction of sp³-hybridized carbons (Fsp3) is 0.500. The molecule has 1 saturated heterocycles. The Morgan fingerprint density at radius 3 is 2.78 bits per heavy atom. The van der Waals surface area contributed by atoms with Crippen molar-refractivity contribution >= 4 is 23.5 Å². The largest absolute Gasteiger partial charge is 0.489 e. The average Bonchev–Trinajstić information content (AvgIpc) is 2.80. The van der Waals surface area contributed by atoms with Crippen LogP contribution in [0.3, 0.4) is 0 Å². The first-order valence-electron chi connectivity index (χ1n) is 7.67. The number of likely N-dealkylation sites (tertiary alicyclic amines) is 1. The molecule has 0 unspecified atom stereocenters. The molecule has 124 valence electrons. The maximum Gasteiger partial charge on any atom is 0.308 e. The van der Waals surface area contributed by atoms with Crippen molar-refractivity contribution in [3.8, 4) is 11.5 Å². The van der Waals surface area contributed by atoms with Crippen molar-refractivity contribution in [1.29, 1.82) is 0 Å². The van der Waals surface area contributed by atoms with Gasteiger partial charge in [-0.05, 0) is 25.0 Å². The van der Waals surface area contributed by atoms with Crippen LogP contribution in [0.4, 0.5) is 0 Å². The molecule has 2 heterocycles. The highest BCUT2D eigenvalue weighted by Gasteiger charge is 2.29. The van der Waals surface area contributed by atoms with Gasteiger partial charge in [-0.3, -0.25) is 9.59 Å². The molecule has 23 heavy (non-hydrogen) atoms. The van der Waals surface area contributed by atoms with Crippen LogP contribution >= 0.6 is 11.6 Å². The Kier molecular flexibility index (Phi) is 4.61. The maximum atomic E-state index is 12.7. The zero-order chi connectivity index (χ0) is 16.4. The Labute approximate surface area is 138 Å². The van der Waals surface area contributed by atoms with E-state index in [9.17, 15) is 9.59 Å². The standard InChI is InChI=1S/C16H18ClNO5/c17-12-7-11(8-13-14(12)23-6-2-5-22-13)15(19)18-4-1-3-10(9-18)16(20)21/h7-8,10H,1-6,9H2,(H,20,21)/t10-/m1/s1. The van der Waals surface area contributed by atoms with Gasteiger partial charge in [0.05, 0.1) is 24.2 Å². The van der Waals surface area contributed by atoms with Gasteiger partial charge in [-0.1, -0.05) is 11.6 Å². The molecule has 6 nitrogen and oxygen atoms in total. The number of fused-ring (bicyclic) bond motifs is 1. The van der Waals surface area contributed by atoms with E-state index in [1.165, 1.54) is 0 Å². The van der Waals surface area contributed by atoms with Crippen LogP contribution in [0, 0.1) is 5.92 Å². The number of rotatable bonds is 2. The Morgan fingerprint density at radius 1 is 1.22 bits per heavy atom. The molecule has 1 aromatic carbocycles. The van der Waals surface area contributed by atoms with Crippen LogP contribution < -0.4 is 9.47 Å². The van der Waals surface area contributed by atoms with Crippen molar-refractivity contribution in [2.45, 2.75) is 19.3 Å². The second-order valence-electron chi connectivity index (χ2n) is 5.76. The number of piperidine rings is 1. The number of carbonyl (C=O) groups is 2. The smallest absolute Gasteiger partial charge is 0.308 e. The number of aliphatic carboxylic acids is 1. The molecule has 0 spiro atoms. The van der Waals surface area contributed by atoms with Gasteiger partial charge in [0.2, 0.25) is 0 Å². The van der Waals surface area contributed by atoms with E-state index >= 15 is 0 Å². The predicted octanol–water partition coefficient (Wildman–Crippen LogP) is 2.44. The first kappa shape index (κ1) is 15.9. The number of carbonyl (C=O) groups excluding carboxylic acids is 1. The number of hydrogen-bond donors (Lipinski definition) is 1. The molecule has 1 fully saturated rings. The zero-order valence-electron chi connectivity index (χ0n) is 12.6. The number of carboxylic acid groups (broad SMARTS) is 1. The molecule has 0 radical (unpaired) electrons. The fourth-order valence-corrected chi connectivity index (χ4v) is 3.17. The summed E-state index contributed by atoms with van der Waals surface area (Å²) in [5, 5.41) is 9.48. The van der Waals surface area contributed by atoms with Gasteiger partial charge in [0.25, 0.3) is 5.91 Å². The molecular formula is C16H18ClNO5. The highest BCUT2D eigenvalue weighted by atomic mass is 35.5. The number of amides is 1. The van der Waals surface area contributed by atoms with Gasteiger partial charge in [-0.2, -0.15) is 0 Å². The molecule has 0 saturated carbocycles. The third-order valence-electron chi connectivity index (χ3n) is 4.11. The Bertz CT molecular complexity index is 633. The number of ether oxygens (including phenoxy) is 2. The Morgan fingerprint density at radius 2 is 2.00 bits per heavy atom. The molecule has 2 aliphatic rings. The normalized spacial score (nSPS) is 20.7. The van der Waals surface area contributed by atoms with Crippen molar-refractivity contribution in [1.82, 2.24) is 4.90 Å². The summed E-state index contributed by atoms with van der Waals surface area (Å²) >= 11 is 6.21. The summed E-state index contributed by atoms with van der Waals surface area (Å²) < 4.78 is 11.1. The minimum absolute atomic E-state index is 0.222. The second kappa shape index (κ2) is 6.66. The fourth-order valence-electron chi connectivity index (χ4n) is 2.90. The first-order valence-corrected chi connectivity index (χ1v) is 8.05. The van der Waals surface area contributed by atoms with Gasteiger partial charge >= 0.3 is 5.97 Å². The third-order valence-corrected chi connectivity index (χ3v) is 4.39. The minimum atomic E-state index is -0.862. The monoisotopic (exact) mass is 339 g/mol. The van der Waals surface area contributed by atoms with Crippen LogP contribution in [0.5, 0.6) is 11.5 Å². The lowest BCUT2D eigenvalue weighted by atomic mass is 9.97. The molecule has 0 aromatic heterocycles. The number of benzene rings is 1. The molecule has 1 amide bonds. The van der Waals surface area contributed by atoms with Gasteiger partial charge in [0, 0.05) is 25.1 Å². The van der Waals surface area contributed by atoms with Crippen LogP contribution in [-0.2, 0) is 4.79 Å². The van der Waals surface area contributed by atoms with Crippen molar-refractivity contribution in [2.75, 3.05) is 26.3 Å². The highest BCUT2D eigenvalue weighted by Crippen LogP contribution is 2.38. The van der Waals surface area contributed by atoms with Crippen molar-refractivity contribution in [2.24, 2.45) is 5.92 Å². The van der Waals surface area contributed by atoms with Crippen molar-refractivity contribution in [3.05, 3.63) is 22.7 Å². The van der Waals surface area contributed by atoms with E-state index < -0.39 is 11.9 Å². The molecular weight excluding hydrogens is 322 g/mol. The summed E-state index contributed by atoms with van der Waals surface area (Å²) in [6, 6.07) is 3.18. The molecule has 7 heteroatoms. The number of halogens is 1. The van der Waals surface area contributed by atoms with E-state index in [1.807, 2.05) is 0 Å². The minimum Gasteiger partial charge on any atom is -0.489 e. The quantitative estimate of drug-likeness (QED) is 0.895. The van der Waals surface area contributed by atoms with Gasteiger partial charge in [0.1, 0.15) is 0 Å². The van der Waals surface area contributed by atoms with Gasteiger partial charge in [0.15, 0.2) is 11.5 Å². The molecule has 2 aliphatic heterocycles. The van der Waals surface area contributed by atoms with E-state index in [-0.39, 0.29) is 12.5 Å². The van der Waals surface area contributed by atoms with Crippen LogP contribution in [-0.4, -0.2) is 48.2 Å². The summed E-state index contributed by atoms with van der Waals surface area (Å²) in [5.41, 5.74) is 0.394. The topological polar surface area (TPSA) is 76.1 Å². The second-order valence-corrected chi connectivity index (χ2v) is 6.17. The van der Waals surface area contributed by atoms with E-state index in [1.54, 1.807) is 17.0 Å². The Balaban J connectivity index is 1.83. The molecule has 1 aromatic rings. The Hall–Kier alpha value is -1.95. The van der Waals surface area contributed by atoms with Crippen molar-refractivity contribution in [3.63, 3.8) is 0 Å². The molecule has 0 aliphatic carbocycles. The summed E-state index contributed by atoms with van der Waals surface area (Å²) in [6.45, 7) is 1.80. The van der Waals surface area contributed by atoms with Crippen LogP contribution in [0.2, 0.25) is 5.02 Å². The number of hydrogen-bond acceptors (Lipinski definition) is 4. The van der Waals surface area contributed by atoms with E-state index in [0.717, 1.165) is 6.42 Å². The SMILES string of the molecule is O=C(O)[C@@H]1CCCN(C(=O)c2cc(Cl)c3c(c2)OCCCO3)C1. The number of carboxylic acids is 1. The molecule has 0 bridgehead atoms. The third kappa shape index (κ3) is 3.37. The van der Waals surface area contributed by atoms with E-state index in [2.05, 4.69) is 0 Å². The average molecular weight is 340 g/mol. The summed E-state index contributed by atoms with van der Waals surface area (Å²) in [5.74, 6) is -0.677. The van der Waals surface area contributed by atoms with Crippen LogP contribution in [0.1, 0.15) is 29.6 Å². The molecule has 1 atom stereocenters. The van der Waals surface area contributed by atoms with Gasteiger partial charge in [-0.25, -0.2) is 0 Å². The van der Waals surface area contributed by atoms with Crippen molar-refractivity contribution < 1.29 is 24.2 Å². The predicted molar refractivity (Wildman–Crippen MR) is 83.3 cm³/mol. The zero-order valence-corrected chi connectivity index (χ0v) is 13.3. The van der Waals surface area contributed by atoms with Crippen LogP contribution in [0.25, 0.3) is 0 Å². The highest BCUT2D eigenvalue weighted by molar-refractivity contribution is 6.32. The first-order chi connectivity index (χ1) is 11.1. The summed E-state index contributed by atoms with van der Waals surface area (Å²) in [7, 11) is 0. The molecule has 1 N–H and O–H groups in total. The van der Waals surface area contributed by atoms with Gasteiger partial charge in [-0.15, -0.1) is 0 Å². The lowest BCUT2D eigenvalue weighted by molar-refractivity contribution is -0.143. The summed E-state index contributed by atoms with van der Waals surface area (Å²) in [4.78, 5) is 25.4. The summed E-state index contributed by atoms with van der Waals surface area (Å²) in [6.07, 6.45) is 2.03. The lowest BCUT2D eigenvalue weighted by Gasteiger charge is -2.31. The van der Waals surface area contributed by atoms with E-state index in [4.69, 9.17) is 26.2 Å². The maximum absolute atomic E-state index is 12.7. The lowest BCUT2D eigenvalue weighted by Crippen LogP contribution is -2.42. The van der Waals surface area contributed by atoms with E-state index in [0.29, 0.717) is 54.7 Å².